The van der Waals surface area contributed by atoms with Crippen molar-refractivity contribution in [3.63, 3.8) is 0 Å². The van der Waals surface area contributed by atoms with Gasteiger partial charge in [-0.3, -0.25) is 0 Å². The Morgan fingerprint density at radius 2 is 1.57 bits per heavy atom. The van der Waals surface area contributed by atoms with E-state index in [4.69, 9.17) is 0 Å². The second kappa shape index (κ2) is 5.75. The van der Waals surface area contributed by atoms with E-state index in [2.05, 4.69) is 61.8 Å². The van der Waals surface area contributed by atoms with Crippen LogP contribution in [-0.2, 0) is 0 Å². The molecule has 1 saturated carbocycles. The molecule has 1 heterocycles. The first-order valence-corrected chi connectivity index (χ1v) is 8.42. The van der Waals surface area contributed by atoms with Gasteiger partial charge in [-0.2, -0.15) is 0 Å². The maximum Gasteiger partial charge on any atom is 0.103 e. The Morgan fingerprint density at radius 1 is 0.905 bits per heavy atom. The van der Waals surface area contributed by atoms with E-state index >= 15 is 0 Å². The van der Waals surface area contributed by atoms with E-state index in [0.29, 0.717) is 6.17 Å². The van der Waals surface area contributed by atoms with Crippen LogP contribution in [-0.4, -0.2) is 17.1 Å². The number of hydrogen-bond acceptors (Lipinski definition) is 2. The number of aryl methyl sites for hydroxylation is 1. The zero-order valence-electron chi connectivity index (χ0n) is 13.9. The Bertz CT molecular complexity index is 540. The van der Waals surface area contributed by atoms with Gasteiger partial charge in [0, 0.05) is 23.1 Å². The Morgan fingerprint density at radius 3 is 2.24 bits per heavy atom. The number of nitrogens with zero attached hydrogens (tertiary/aromatic N) is 2. The molecule has 2 aliphatic rings. The van der Waals surface area contributed by atoms with Gasteiger partial charge < -0.3 is 9.80 Å². The van der Waals surface area contributed by atoms with Gasteiger partial charge in [-0.1, -0.05) is 37.5 Å². The minimum Gasteiger partial charge on any atom is -0.350 e. The van der Waals surface area contributed by atoms with Crippen molar-refractivity contribution in [2.45, 2.75) is 72.0 Å². The van der Waals surface area contributed by atoms with Crippen molar-refractivity contribution in [3.8, 4) is 0 Å². The highest BCUT2D eigenvalue weighted by Crippen LogP contribution is 2.39. The molecule has 2 nitrogen and oxygen atoms in total. The van der Waals surface area contributed by atoms with E-state index in [-0.39, 0.29) is 0 Å². The van der Waals surface area contributed by atoms with Crippen LogP contribution in [0.25, 0.3) is 0 Å². The second-order valence-electron chi connectivity index (χ2n) is 6.66. The summed E-state index contributed by atoms with van der Waals surface area (Å²) in [4.78, 5) is 5.21. The fraction of sp³-hybridized carbons (Fsp3) is 0.579. The lowest BCUT2D eigenvalue weighted by atomic mass is 9.94. The highest BCUT2D eigenvalue weighted by atomic mass is 15.4. The quantitative estimate of drug-likeness (QED) is 0.750. The maximum atomic E-state index is 2.68. The molecule has 0 radical (unpaired) electrons. The van der Waals surface area contributed by atoms with Gasteiger partial charge in [0.1, 0.15) is 6.17 Å². The molecule has 21 heavy (non-hydrogen) atoms. The summed E-state index contributed by atoms with van der Waals surface area (Å²) in [6, 6.07) is 9.49. The van der Waals surface area contributed by atoms with E-state index in [1.54, 1.807) is 0 Å². The highest BCUT2D eigenvalue weighted by molar-refractivity contribution is 5.60. The molecule has 0 amide bonds. The molecule has 1 aromatic carbocycles. The zero-order valence-corrected chi connectivity index (χ0v) is 13.9. The summed E-state index contributed by atoms with van der Waals surface area (Å²) in [7, 11) is 0. The molecule has 1 fully saturated rings. The van der Waals surface area contributed by atoms with Crippen LogP contribution < -0.4 is 4.90 Å². The molecule has 0 saturated heterocycles. The molecule has 3 rings (SSSR count). The molecule has 0 aromatic heterocycles. The minimum absolute atomic E-state index is 0.439. The van der Waals surface area contributed by atoms with Crippen LogP contribution in [0.5, 0.6) is 0 Å². The average molecular weight is 284 g/mol. The second-order valence-corrected chi connectivity index (χ2v) is 6.66. The van der Waals surface area contributed by atoms with Crippen LogP contribution in [0.4, 0.5) is 5.69 Å². The summed E-state index contributed by atoms with van der Waals surface area (Å²) >= 11 is 0. The van der Waals surface area contributed by atoms with E-state index < -0.39 is 0 Å². The Labute approximate surface area is 129 Å². The van der Waals surface area contributed by atoms with Crippen LogP contribution >= 0.6 is 0 Å². The van der Waals surface area contributed by atoms with Crippen molar-refractivity contribution in [1.29, 1.82) is 0 Å². The first kappa shape index (κ1) is 14.5. The minimum atomic E-state index is 0.439. The van der Waals surface area contributed by atoms with Gasteiger partial charge in [0.15, 0.2) is 0 Å². The molecule has 1 aliphatic heterocycles. The van der Waals surface area contributed by atoms with Crippen LogP contribution in [0, 0.1) is 6.92 Å². The summed E-state index contributed by atoms with van der Waals surface area (Å²) in [6.07, 6.45) is 7.36. The summed E-state index contributed by atoms with van der Waals surface area (Å²) in [5, 5.41) is 0. The van der Waals surface area contributed by atoms with E-state index in [9.17, 15) is 0 Å². The number of benzene rings is 1. The Hall–Kier alpha value is -1.44. The van der Waals surface area contributed by atoms with Gasteiger partial charge >= 0.3 is 0 Å². The SMILES string of the molecule is CC1=C(C)N(C2CCCCC2)C(C)N1c1ccccc1C. The normalized spacial score (nSPS) is 24.1. The molecule has 0 bridgehead atoms. The van der Waals surface area contributed by atoms with Crippen LogP contribution in [0.15, 0.2) is 35.7 Å². The number of anilines is 1. The molecule has 1 atom stereocenters. The topological polar surface area (TPSA) is 6.48 Å². The smallest absolute Gasteiger partial charge is 0.103 e. The van der Waals surface area contributed by atoms with Gasteiger partial charge in [-0.15, -0.1) is 0 Å². The van der Waals surface area contributed by atoms with Gasteiger partial charge in [-0.05, 0) is 52.2 Å². The Balaban J connectivity index is 1.92. The van der Waals surface area contributed by atoms with E-state index in [0.717, 1.165) is 6.04 Å². The van der Waals surface area contributed by atoms with Crippen LogP contribution in [0.2, 0.25) is 0 Å². The first-order valence-electron chi connectivity index (χ1n) is 8.42. The molecular weight excluding hydrogens is 256 g/mol. The third-order valence-corrected chi connectivity index (χ3v) is 5.39. The molecule has 1 aromatic rings. The zero-order chi connectivity index (χ0) is 15.0. The van der Waals surface area contributed by atoms with Crippen molar-refractivity contribution < 1.29 is 0 Å². The van der Waals surface area contributed by atoms with Crippen LogP contribution in [0.1, 0.15) is 58.4 Å². The van der Waals surface area contributed by atoms with Crippen molar-refractivity contribution in [2.24, 2.45) is 0 Å². The van der Waals surface area contributed by atoms with Crippen molar-refractivity contribution >= 4 is 5.69 Å². The fourth-order valence-electron chi connectivity index (χ4n) is 4.20. The lowest BCUT2D eigenvalue weighted by molar-refractivity contribution is 0.172. The van der Waals surface area contributed by atoms with Crippen molar-refractivity contribution in [1.82, 2.24) is 4.90 Å². The van der Waals surface area contributed by atoms with Gasteiger partial charge in [-0.25, -0.2) is 0 Å². The maximum absolute atomic E-state index is 2.68. The lowest BCUT2D eigenvalue weighted by Gasteiger charge is -2.39. The largest absolute Gasteiger partial charge is 0.350 e. The monoisotopic (exact) mass is 284 g/mol. The van der Waals surface area contributed by atoms with E-state index in [1.807, 2.05) is 0 Å². The number of rotatable bonds is 2. The number of para-hydroxylation sites is 1. The molecule has 0 N–H and O–H groups in total. The third kappa shape index (κ3) is 2.45. The Kier molecular flexibility index (Phi) is 3.97. The van der Waals surface area contributed by atoms with Gasteiger partial charge in [0.2, 0.25) is 0 Å². The predicted molar refractivity (Wildman–Crippen MR) is 90.2 cm³/mol. The molecule has 2 heteroatoms. The summed E-state index contributed by atoms with van der Waals surface area (Å²) in [5.41, 5.74) is 5.61. The van der Waals surface area contributed by atoms with E-state index in [1.165, 1.54) is 54.7 Å². The lowest BCUT2D eigenvalue weighted by Crippen LogP contribution is -2.44. The van der Waals surface area contributed by atoms with Crippen LogP contribution in [0.3, 0.4) is 0 Å². The third-order valence-electron chi connectivity index (χ3n) is 5.39. The summed E-state index contributed by atoms with van der Waals surface area (Å²) in [6.45, 7) is 9.16. The number of allylic oxidation sites excluding steroid dienone is 2. The summed E-state index contributed by atoms with van der Waals surface area (Å²) in [5.74, 6) is 0. The first-order chi connectivity index (χ1) is 10.1. The molecular formula is C19H28N2. The van der Waals surface area contributed by atoms with Crippen molar-refractivity contribution in [2.75, 3.05) is 4.90 Å². The molecule has 1 aliphatic carbocycles. The fourth-order valence-corrected chi connectivity index (χ4v) is 4.20. The molecule has 1 unspecified atom stereocenters. The van der Waals surface area contributed by atoms with Gasteiger partial charge in [0.05, 0.1) is 0 Å². The highest BCUT2D eigenvalue weighted by Gasteiger charge is 2.36. The molecule has 0 spiro atoms. The number of hydrogen-bond donors (Lipinski definition) is 0. The summed E-state index contributed by atoms with van der Waals surface area (Å²) < 4.78 is 0. The average Bonchev–Trinajstić information content (AvgIpc) is 2.71. The standard InChI is InChI=1S/C19H28N2/c1-14-10-8-9-13-19(14)21-16(3)15(2)20(17(21)4)18-11-6-5-7-12-18/h8-10,13,17-18H,5-7,11-12H2,1-4H3. The van der Waals surface area contributed by atoms with Crippen molar-refractivity contribution in [3.05, 3.63) is 41.2 Å². The molecule has 114 valence electrons. The van der Waals surface area contributed by atoms with Gasteiger partial charge in [0.25, 0.3) is 0 Å². The predicted octanol–water partition coefficient (Wildman–Crippen LogP) is 5.05.